The zero-order valence-electron chi connectivity index (χ0n) is 21.7. The fourth-order valence-electron chi connectivity index (χ4n) is 5.38. The molecule has 1 aromatic carbocycles. The highest BCUT2D eigenvalue weighted by molar-refractivity contribution is 6.30. The van der Waals surface area contributed by atoms with Crippen molar-refractivity contribution in [2.75, 3.05) is 31.1 Å². The Balaban J connectivity index is 1.60. The first kappa shape index (κ1) is 25.3. The van der Waals surface area contributed by atoms with Gasteiger partial charge >= 0.3 is 0 Å². The predicted molar refractivity (Wildman–Crippen MR) is 145 cm³/mol. The average Bonchev–Trinajstić information content (AvgIpc) is 3.13. The molecule has 5 rings (SSSR count). The zero-order chi connectivity index (χ0) is 26.5. The van der Waals surface area contributed by atoms with Gasteiger partial charge in [0.25, 0.3) is 11.5 Å². The van der Waals surface area contributed by atoms with Crippen molar-refractivity contribution in [1.29, 1.82) is 0 Å². The van der Waals surface area contributed by atoms with Crippen LogP contribution in [0.4, 0.5) is 5.69 Å². The quantitative estimate of drug-likeness (QED) is 0.536. The normalized spacial score (nSPS) is 16.6. The van der Waals surface area contributed by atoms with Crippen LogP contribution in [0, 0.1) is 5.92 Å². The van der Waals surface area contributed by atoms with E-state index in [1.54, 1.807) is 23.1 Å². The van der Waals surface area contributed by atoms with E-state index in [0.717, 1.165) is 29.9 Å². The van der Waals surface area contributed by atoms with Gasteiger partial charge in [-0.3, -0.25) is 19.0 Å². The molecule has 1 N–H and O–H groups in total. The first-order chi connectivity index (χ1) is 17.6. The lowest BCUT2D eigenvalue weighted by molar-refractivity contribution is -0.137. The minimum Gasteiger partial charge on any atom is -0.370 e. The van der Waals surface area contributed by atoms with E-state index < -0.39 is 11.5 Å². The summed E-state index contributed by atoms with van der Waals surface area (Å²) in [7, 11) is 0. The number of pyridine rings is 2. The Bertz CT molecular complexity index is 1440. The van der Waals surface area contributed by atoms with E-state index in [0.29, 0.717) is 35.1 Å². The highest BCUT2D eigenvalue weighted by Gasteiger charge is 2.37. The van der Waals surface area contributed by atoms with Crippen LogP contribution in [0.25, 0.3) is 11.0 Å². The molecule has 194 valence electrons. The fraction of sp³-hybridized carbons (Fsp3) is 0.429. The largest absolute Gasteiger partial charge is 0.370 e. The monoisotopic (exact) mass is 521 g/mol. The molecular weight excluding hydrogens is 490 g/mol. The van der Waals surface area contributed by atoms with Crippen molar-refractivity contribution in [3.63, 3.8) is 0 Å². The first-order valence-corrected chi connectivity index (χ1v) is 13.1. The number of amides is 2. The van der Waals surface area contributed by atoms with E-state index >= 15 is 0 Å². The van der Waals surface area contributed by atoms with Gasteiger partial charge in [-0.2, -0.15) is 0 Å². The highest BCUT2D eigenvalue weighted by Crippen LogP contribution is 2.43. The number of nitrogens with zero attached hydrogens (tertiary/aromatic N) is 4. The van der Waals surface area contributed by atoms with Crippen LogP contribution in [-0.2, 0) is 23.3 Å². The van der Waals surface area contributed by atoms with Crippen LogP contribution < -0.4 is 15.8 Å². The SMILES string of the molecule is CCN1CC(C)(C)c2cnc3c(cc(C(=O)NCc4ccc(Cl)cc4)c(=O)n3CC(=O)N3CC(C)C3)c21. The molecule has 9 heteroatoms. The Morgan fingerprint density at radius 1 is 1.19 bits per heavy atom. The third kappa shape index (κ3) is 4.59. The molecule has 2 amide bonds. The van der Waals surface area contributed by atoms with Crippen LogP contribution in [0.1, 0.15) is 49.2 Å². The summed E-state index contributed by atoms with van der Waals surface area (Å²) in [6, 6.07) is 8.81. The smallest absolute Gasteiger partial charge is 0.265 e. The Morgan fingerprint density at radius 2 is 1.89 bits per heavy atom. The van der Waals surface area contributed by atoms with Gasteiger partial charge < -0.3 is 15.1 Å². The van der Waals surface area contributed by atoms with Crippen molar-refractivity contribution in [1.82, 2.24) is 19.8 Å². The van der Waals surface area contributed by atoms with Crippen LogP contribution in [0.3, 0.4) is 0 Å². The van der Waals surface area contributed by atoms with Crippen molar-refractivity contribution in [3.05, 3.63) is 68.6 Å². The number of hydrogen-bond donors (Lipinski definition) is 1. The van der Waals surface area contributed by atoms with Crippen LogP contribution in [0.2, 0.25) is 5.02 Å². The van der Waals surface area contributed by atoms with Crippen molar-refractivity contribution in [2.24, 2.45) is 5.92 Å². The number of carbonyl (C=O) groups is 2. The minimum atomic E-state index is -0.518. The topological polar surface area (TPSA) is 87.5 Å². The molecule has 1 saturated heterocycles. The van der Waals surface area contributed by atoms with Gasteiger partial charge in [0.15, 0.2) is 0 Å². The van der Waals surface area contributed by atoms with Gasteiger partial charge in [0.2, 0.25) is 5.91 Å². The number of likely N-dealkylation sites (tertiary alicyclic amines) is 1. The number of rotatable bonds is 6. The summed E-state index contributed by atoms with van der Waals surface area (Å²) in [4.78, 5) is 48.7. The minimum absolute atomic E-state index is 0.00204. The molecule has 3 aromatic rings. The number of likely N-dealkylation sites (N-methyl/N-ethyl adjacent to an activating group) is 1. The molecule has 37 heavy (non-hydrogen) atoms. The molecule has 0 atom stereocenters. The van der Waals surface area contributed by atoms with Gasteiger partial charge in [0, 0.05) is 60.3 Å². The summed E-state index contributed by atoms with van der Waals surface area (Å²) >= 11 is 5.97. The van der Waals surface area contributed by atoms with E-state index in [1.807, 2.05) is 18.3 Å². The van der Waals surface area contributed by atoms with Crippen LogP contribution in [-0.4, -0.2) is 52.4 Å². The second-order valence-electron chi connectivity index (χ2n) is 10.8. The van der Waals surface area contributed by atoms with E-state index in [4.69, 9.17) is 11.6 Å². The van der Waals surface area contributed by atoms with Crippen molar-refractivity contribution >= 4 is 40.1 Å². The maximum atomic E-state index is 13.6. The summed E-state index contributed by atoms with van der Waals surface area (Å²) in [6.07, 6.45) is 1.82. The molecule has 0 spiro atoms. The molecule has 4 heterocycles. The van der Waals surface area contributed by atoms with Crippen molar-refractivity contribution < 1.29 is 9.59 Å². The molecule has 2 aliphatic rings. The number of benzene rings is 1. The van der Waals surface area contributed by atoms with Crippen LogP contribution >= 0.6 is 11.6 Å². The number of anilines is 1. The number of fused-ring (bicyclic) bond motifs is 3. The number of halogens is 1. The van der Waals surface area contributed by atoms with E-state index in [9.17, 15) is 14.4 Å². The molecule has 0 saturated carbocycles. The molecule has 8 nitrogen and oxygen atoms in total. The molecule has 0 aliphatic carbocycles. The number of hydrogen-bond acceptors (Lipinski definition) is 5. The standard InChI is InChI=1S/C28H32ClN5O3/c1-5-32-16-28(3,4)22-12-30-25-20(24(22)32)10-21(26(36)31-11-18-6-8-19(29)9-7-18)27(37)34(25)15-23(35)33-13-17(2)14-33/h6-10,12,17H,5,11,13-16H2,1-4H3,(H,31,36). The maximum Gasteiger partial charge on any atom is 0.265 e. The lowest BCUT2D eigenvalue weighted by atomic mass is 9.87. The maximum absolute atomic E-state index is 13.6. The van der Waals surface area contributed by atoms with Crippen molar-refractivity contribution in [3.8, 4) is 0 Å². The third-order valence-electron chi connectivity index (χ3n) is 7.42. The molecule has 1 fully saturated rings. The fourth-order valence-corrected chi connectivity index (χ4v) is 5.50. The molecule has 0 unspecified atom stereocenters. The van der Waals surface area contributed by atoms with Gasteiger partial charge in [-0.25, -0.2) is 4.98 Å². The second kappa shape index (κ2) is 9.49. The Hall–Kier alpha value is -3.39. The van der Waals surface area contributed by atoms with Gasteiger partial charge in [-0.1, -0.05) is 44.5 Å². The number of aromatic nitrogens is 2. The molecule has 0 bridgehead atoms. The molecule has 2 aliphatic heterocycles. The summed E-state index contributed by atoms with van der Waals surface area (Å²) in [5, 5.41) is 4.18. The lowest BCUT2D eigenvalue weighted by Gasteiger charge is -2.37. The number of carbonyl (C=O) groups excluding carboxylic acids is 2. The average molecular weight is 522 g/mol. The first-order valence-electron chi connectivity index (χ1n) is 12.7. The van der Waals surface area contributed by atoms with E-state index in [1.165, 1.54) is 4.57 Å². The molecule has 0 radical (unpaired) electrons. The van der Waals surface area contributed by atoms with Gasteiger partial charge in [0.05, 0.1) is 5.69 Å². The second-order valence-corrected chi connectivity index (χ2v) is 11.3. The summed E-state index contributed by atoms with van der Waals surface area (Å²) in [5.41, 5.74) is 2.69. The van der Waals surface area contributed by atoms with Crippen molar-refractivity contribution in [2.45, 2.75) is 46.2 Å². The van der Waals surface area contributed by atoms with E-state index in [2.05, 4.69) is 42.9 Å². The predicted octanol–water partition coefficient (Wildman–Crippen LogP) is 3.58. The summed E-state index contributed by atoms with van der Waals surface area (Å²) in [5.74, 6) is -0.183. The summed E-state index contributed by atoms with van der Waals surface area (Å²) < 4.78 is 1.37. The highest BCUT2D eigenvalue weighted by atomic mass is 35.5. The Labute approximate surface area is 221 Å². The Kier molecular flexibility index (Phi) is 6.48. The van der Waals surface area contributed by atoms with Gasteiger partial charge in [-0.05, 0) is 36.6 Å². The van der Waals surface area contributed by atoms with Crippen LogP contribution in [0.15, 0.2) is 41.3 Å². The van der Waals surface area contributed by atoms with Crippen LogP contribution in [0.5, 0.6) is 0 Å². The number of nitrogens with one attached hydrogen (secondary N) is 1. The Morgan fingerprint density at radius 3 is 2.54 bits per heavy atom. The summed E-state index contributed by atoms with van der Waals surface area (Å²) in [6.45, 7) is 11.5. The zero-order valence-corrected chi connectivity index (χ0v) is 22.4. The van der Waals surface area contributed by atoms with Gasteiger partial charge in [0.1, 0.15) is 17.8 Å². The van der Waals surface area contributed by atoms with Gasteiger partial charge in [-0.15, -0.1) is 0 Å². The van der Waals surface area contributed by atoms with E-state index in [-0.39, 0.29) is 30.0 Å². The lowest BCUT2D eigenvalue weighted by Crippen LogP contribution is -2.50. The molecular formula is C28H32ClN5O3. The molecule has 2 aromatic heterocycles. The third-order valence-corrected chi connectivity index (χ3v) is 7.67.